The van der Waals surface area contributed by atoms with Crippen molar-refractivity contribution in [2.24, 2.45) is 0 Å². The number of imide groups is 1. The summed E-state index contributed by atoms with van der Waals surface area (Å²) in [5, 5.41) is 5.22. The SMILES string of the molecule is COc1cc(/C=C2/NC(=O)N(CC(=O)Nc3ccc(C)cc3)C2=O)c(Br)cc1OCc1ccc(Br)cc1. The number of nitrogens with one attached hydrogen (secondary N) is 2. The fourth-order valence-corrected chi connectivity index (χ4v) is 4.23. The van der Waals surface area contributed by atoms with E-state index in [2.05, 4.69) is 42.5 Å². The lowest BCUT2D eigenvalue weighted by Crippen LogP contribution is -2.38. The lowest BCUT2D eigenvalue weighted by atomic mass is 10.1. The lowest BCUT2D eigenvalue weighted by molar-refractivity contribution is -0.127. The Kier molecular flexibility index (Phi) is 8.30. The van der Waals surface area contributed by atoms with E-state index < -0.39 is 24.4 Å². The second-order valence-electron chi connectivity index (χ2n) is 8.23. The summed E-state index contributed by atoms with van der Waals surface area (Å²) in [5.41, 5.74) is 3.24. The van der Waals surface area contributed by atoms with E-state index in [0.717, 1.165) is 20.5 Å². The lowest BCUT2D eigenvalue weighted by Gasteiger charge is -2.13. The Morgan fingerprint density at radius 2 is 1.73 bits per heavy atom. The summed E-state index contributed by atoms with van der Waals surface area (Å²) in [6, 6.07) is 17.7. The van der Waals surface area contributed by atoms with Crippen molar-refractivity contribution in [3.63, 3.8) is 0 Å². The zero-order valence-electron chi connectivity index (χ0n) is 20.0. The molecule has 3 aromatic carbocycles. The molecule has 0 spiro atoms. The predicted molar refractivity (Wildman–Crippen MR) is 147 cm³/mol. The first kappa shape index (κ1) is 26.4. The molecule has 0 unspecified atom stereocenters. The van der Waals surface area contributed by atoms with Crippen LogP contribution in [-0.2, 0) is 16.2 Å². The topological polar surface area (TPSA) is 97.0 Å². The van der Waals surface area contributed by atoms with Crippen LogP contribution < -0.4 is 20.1 Å². The Balaban J connectivity index is 1.46. The van der Waals surface area contributed by atoms with Crippen LogP contribution in [0, 0.1) is 6.92 Å². The quantitative estimate of drug-likeness (QED) is 0.249. The second kappa shape index (κ2) is 11.6. The van der Waals surface area contributed by atoms with E-state index in [1.54, 1.807) is 24.3 Å². The molecule has 0 atom stereocenters. The second-order valence-corrected chi connectivity index (χ2v) is 10.0. The normalized spacial score (nSPS) is 14.1. The van der Waals surface area contributed by atoms with Gasteiger partial charge in [-0.2, -0.15) is 0 Å². The van der Waals surface area contributed by atoms with Crippen LogP contribution in [0.5, 0.6) is 11.5 Å². The van der Waals surface area contributed by atoms with Gasteiger partial charge in [-0.05, 0) is 60.5 Å². The molecule has 0 aliphatic carbocycles. The van der Waals surface area contributed by atoms with Crippen molar-refractivity contribution in [3.8, 4) is 11.5 Å². The molecule has 1 saturated heterocycles. The molecule has 0 saturated carbocycles. The Hall–Kier alpha value is -3.63. The fourth-order valence-electron chi connectivity index (χ4n) is 3.53. The van der Waals surface area contributed by atoms with Gasteiger partial charge in [-0.25, -0.2) is 9.69 Å². The van der Waals surface area contributed by atoms with E-state index in [4.69, 9.17) is 9.47 Å². The first-order valence-electron chi connectivity index (χ1n) is 11.2. The average molecular weight is 629 g/mol. The van der Waals surface area contributed by atoms with E-state index in [1.807, 2.05) is 43.3 Å². The molecule has 37 heavy (non-hydrogen) atoms. The van der Waals surface area contributed by atoms with Crippen LogP contribution in [-0.4, -0.2) is 36.4 Å². The summed E-state index contributed by atoms with van der Waals surface area (Å²) in [6.45, 7) is 1.86. The Morgan fingerprint density at radius 3 is 2.41 bits per heavy atom. The Morgan fingerprint density at radius 1 is 1.03 bits per heavy atom. The zero-order valence-corrected chi connectivity index (χ0v) is 23.2. The summed E-state index contributed by atoms with van der Waals surface area (Å²) >= 11 is 6.91. The van der Waals surface area contributed by atoms with Crippen LogP contribution >= 0.6 is 31.9 Å². The molecule has 10 heteroatoms. The summed E-state index contributed by atoms with van der Waals surface area (Å²) < 4.78 is 13.0. The molecule has 190 valence electrons. The number of hydrogen-bond acceptors (Lipinski definition) is 5. The van der Waals surface area contributed by atoms with Crippen molar-refractivity contribution in [2.75, 3.05) is 19.0 Å². The molecule has 8 nitrogen and oxygen atoms in total. The van der Waals surface area contributed by atoms with Crippen LogP contribution in [0.25, 0.3) is 6.08 Å². The van der Waals surface area contributed by atoms with Crippen molar-refractivity contribution in [1.29, 1.82) is 0 Å². The van der Waals surface area contributed by atoms with Crippen LogP contribution in [0.2, 0.25) is 0 Å². The van der Waals surface area contributed by atoms with Crippen LogP contribution in [0.15, 0.2) is 75.3 Å². The monoisotopic (exact) mass is 627 g/mol. The molecule has 1 fully saturated rings. The van der Waals surface area contributed by atoms with Gasteiger partial charge in [-0.1, -0.05) is 61.7 Å². The third kappa shape index (κ3) is 6.58. The van der Waals surface area contributed by atoms with Crippen molar-refractivity contribution >= 4 is 61.5 Å². The number of carbonyl (C=O) groups is 3. The fraction of sp³-hybridized carbons (Fsp3) is 0.148. The maximum atomic E-state index is 12.9. The Bertz CT molecular complexity index is 1370. The molecule has 1 aliphatic rings. The van der Waals surface area contributed by atoms with Crippen molar-refractivity contribution < 1.29 is 23.9 Å². The number of anilines is 1. The number of halogens is 2. The largest absolute Gasteiger partial charge is 0.493 e. The molecule has 0 aromatic heterocycles. The molecule has 0 bridgehead atoms. The van der Waals surface area contributed by atoms with Crippen molar-refractivity contribution in [2.45, 2.75) is 13.5 Å². The molecular weight excluding hydrogens is 606 g/mol. The number of amides is 4. The van der Waals surface area contributed by atoms with Crippen molar-refractivity contribution in [1.82, 2.24) is 10.2 Å². The summed E-state index contributed by atoms with van der Waals surface area (Å²) in [5.74, 6) is -0.122. The molecular formula is C27H23Br2N3O5. The third-order valence-corrected chi connectivity index (χ3v) is 6.71. The summed E-state index contributed by atoms with van der Waals surface area (Å²) in [7, 11) is 1.52. The minimum atomic E-state index is -0.673. The first-order valence-corrected chi connectivity index (χ1v) is 12.8. The van der Waals surface area contributed by atoms with E-state index in [-0.39, 0.29) is 5.70 Å². The van der Waals surface area contributed by atoms with Crippen LogP contribution in [0.4, 0.5) is 10.5 Å². The predicted octanol–water partition coefficient (Wildman–Crippen LogP) is 5.64. The van der Waals surface area contributed by atoms with E-state index >= 15 is 0 Å². The number of aryl methyl sites for hydroxylation is 1. The van der Waals surface area contributed by atoms with Gasteiger partial charge >= 0.3 is 6.03 Å². The van der Waals surface area contributed by atoms with Gasteiger partial charge in [0, 0.05) is 14.6 Å². The number of nitrogens with zero attached hydrogens (tertiary/aromatic N) is 1. The van der Waals surface area contributed by atoms with Gasteiger partial charge in [0.15, 0.2) is 11.5 Å². The zero-order chi connectivity index (χ0) is 26.5. The molecule has 4 rings (SSSR count). The standard InChI is InChI=1S/C27H23Br2N3O5/c1-16-3-9-20(10-4-16)30-25(33)14-32-26(34)22(31-27(32)35)11-18-12-23(36-2)24(13-21(18)29)37-15-17-5-7-19(28)8-6-17/h3-13H,14-15H2,1-2H3,(H,30,33)(H,31,35)/b22-11+. The minimum Gasteiger partial charge on any atom is -0.493 e. The van der Waals surface area contributed by atoms with Gasteiger partial charge in [0.2, 0.25) is 5.91 Å². The Labute approximate surface area is 230 Å². The van der Waals surface area contributed by atoms with Gasteiger partial charge in [0.1, 0.15) is 18.8 Å². The molecule has 1 aliphatic heterocycles. The smallest absolute Gasteiger partial charge is 0.329 e. The van der Waals surface area contributed by atoms with Gasteiger partial charge in [0.05, 0.1) is 7.11 Å². The maximum absolute atomic E-state index is 12.9. The molecule has 1 heterocycles. The number of hydrogen-bond donors (Lipinski definition) is 2. The maximum Gasteiger partial charge on any atom is 0.329 e. The first-order chi connectivity index (χ1) is 17.7. The minimum absolute atomic E-state index is 0.0411. The van der Waals surface area contributed by atoms with Crippen molar-refractivity contribution in [3.05, 3.63) is 92.0 Å². The highest BCUT2D eigenvalue weighted by Gasteiger charge is 2.35. The van der Waals surface area contributed by atoms with E-state index in [1.165, 1.54) is 13.2 Å². The highest BCUT2D eigenvalue weighted by Crippen LogP contribution is 2.35. The highest BCUT2D eigenvalue weighted by atomic mass is 79.9. The molecule has 4 amide bonds. The average Bonchev–Trinajstić information content (AvgIpc) is 3.13. The van der Waals surface area contributed by atoms with Crippen LogP contribution in [0.1, 0.15) is 16.7 Å². The van der Waals surface area contributed by atoms with Gasteiger partial charge in [-0.15, -0.1) is 0 Å². The van der Waals surface area contributed by atoms with Gasteiger partial charge in [0.25, 0.3) is 5.91 Å². The summed E-state index contributed by atoms with van der Waals surface area (Å²) in [4.78, 5) is 38.6. The third-order valence-electron chi connectivity index (χ3n) is 5.49. The van der Waals surface area contributed by atoms with Gasteiger partial charge < -0.3 is 20.1 Å². The number of carbonyl (C=O) groups excluding carboxylic acids is 3. The number of methoxy groups -OCH3 is 1. The molecule has 0 radical (unpaired) electrons. The molecule has 3 aromatic rings. The van der Waals surface area contributed by atoms with Gasteiger partial charge in [-0.3, -0.25) is 9.59 Å². The van der Waals surface area contributed by atoms with Crippen LogP contribution in [0.3, 0.4) is 0 Å². The molecule has 2 N–H and O–H groups in total. The number of benzene rings is 3. The highest BCUT2D eigenvalue weighted by molar-refractivity contribution is 9.10. The number of rotatable bonds is 8. The number of urea groups is 1. The van der Waals surface area contributed by atoms with E-state index in [0.29, 0.717) is 33.8 Å². The summed E-state index contributed by atoms with van der Waals surface area (Å²) in [6.07, 6.45) is 1.52. The van der Waals surface area contributed by atoms with E-state index in [9.17, 15) is 14.4 Å². The number of ether oxygens (including phenoxy) is 2.